The summed E-state index contributed by atoms with van der Waals surface area (Å²) < 4.78 is 26.3. The van der Waals surface area contributed by atoms with Gasteiger partial charge in [-0.2, -0.15) is 5.26 Å². The maximum Gasteiger partial charge on any atom is 0.240 e. The van der Waals surface area contributed by atoms with Crippen LogP contribution >= 0.6 is 0 Å². The third-order valence-electron chi connectivity index (χ3n) is 3.46. The molecule has 0 fully saturated rings. The molecule has 0 saturated carbocycles. The van der Waals surface area contributed by atoms with Crippen molar-refractivity contribution in [3.8, 4) is 6.07 Å². The van der Waals surface area contributed by atoms with Gasteiger partial charge in [0.25, 0.3) is 0 Å². The van der Waals surface area contributed by atoms with E-state index in [-0.39, 0.29) is 18.4 Å². The number of hydrogen-bond acceptors (Lipinski definition) is 3. The van der Waals surface area contributed by atoms with Crippen molar-refractivity contribution in [2.75, 3.05) is 0 Å². The highest BCUT2D eigenvalue weighted by molar-refractivity contribution is 5.87. The largest absolute Gasteiger partial charge is 0.368 e. The minimum absolute atomic E-state index is 0.105. The van der Waals surface area contributed by atoms with E-state index < -0.39 is 29.5 Å². The van der Waals surface area contributed by atoms with E-state index in [0.29, 0.717) is 17.2 Å². The first-order chi connectivity index (χ1) is 11.9. The summed E-state index contributed by atoms with van der Waals surface area (Å²) in [5, 5.41) is 11.3. The van der Waals surface area contributed by atoms with Crippen molar-refractivity contribution in [1.82, 2.24) is 5.32 Å². The summed E-state index contributed by atoms with van der Waals surface area (Å²) in [6.45, 7) is 0. The average molecular weight is 343 g/mol. The first-order valence-electron chi connectivity index (χ1n) is 7.40. The second-order valence-corrected chi connectivity index (χ2v) is 5.49. The molecule has 7 heteroatoms. The third-order valence-corrected chi connectivity index (χ3v) is 3.46. The Labute approximate surface area is 143 Å². The SMILES string of the molecule is N#Cc1cccc(C[C@@H](NC(=O)Cc2cc(F)cc(F)c2)C(N)=O)c1. The predicted octanol–water partition coefficient (Wildman–Crippen LogP) is 1.59. The highest BCUT2D eigenvalue weighted by Gasteiger charge is 2.19. The van der Waals surface area contributed by atoms with E-state index in [9.17, 15) is 18.4 Å². The Balaban J connectivity index is 2.06. The highest BCUT2D eigenvalue weighted by Crippen LogP contribution is 2.10. The molecule has 0 aliphatic carbocycles. The van der Waals surface area contributed by atoms with Crippen molar-refractivity contribution in [2.24, 2.45) is 5.73 Å². The van der Waals surface area contributed by atoms with Crippen LogP contribution in [0.4, 0.5) is 8.78 Å². The van der Waals surface area contributed by atoms with Gasteiger partial charge in [-0.25, -0.2) is 8.78 Å². The zero-order chi connectivity index (χ0) is 18.4. The van der Waals surface area contributed by atoms with Gasteiger partial charge in [-0.3, -0.25) is 9.59 Å². The van der Waals surface area contributed by atoms with E-state index in [1.165, 1.54) is 0 Å². The quantitative estimate of drug-likeness (QED) is 0.834. The number of amides is 2. The molecular weight excluding hydrogens is 328 g/mol. The average Bonchev–Trinajstić information content (AvgIpc) is 2.53. The molecule has 0 unspecified atom stereocenters. The van der Waals surface area contributed by atoms with Crippen LogP contribution in [-0.4, -0.2) is 17.9 Å². The maximum atomic E-state index is 13.2. The number of primary amides is 1. The molecule has 1 atom stereocenters. The summed E-state index contributed by atoms with van der Waals surface area (Å²) in [7, 11) is 0. The minimum atomic E-state index is -1.00. The molecule has 0 aliphatic heterocycles. The molecule has 2 aromatic carbocycles. The van der Waals surface area contributed by atoms with Gasteiger partial charge < -0.3 is 11.1 Å². The van der Waals surface area contributed by atoms with Crippen LogP contribution in [0.5, 0.6) is 0 Å². The minimum Gasteiger partial charge on any atom is -0.368 e. The Bertz CT molecular complexity index is 826. The van der Waals surface area contributed by atoms with E-state index in [1.54, 1.807) is 24.3 Å². The summed E-state index contributed by atoms with van der Waals surface area (Å²) in [4.78, 5) is 23.6. The molecule has 5 nitrogen and oxygen atoms in total. The van der Waals surface area contributed by atoms with Crippen molar-refractivity contribution in [2.45, 2.75) is 18.9 Å². The summed E-state index contributed by atoms with van der Waals surface area (Å²) in [5.74, 6) is -2.92. The number of nitrogens with zero attached hydrogens (tertiary/aromatic N) is 1. The predicted molar refractivity (Wildman–Crippen MR) is 86.0 cm³/mol. The second-order valence-electron chi connectivity index (χ2n) is 5.49. The van der Waals surface area contributed by atoms with Crippen molar-refractivity contribution < 1.29 is 18.4 Å². The molecule has 2 aromatic rings. The highest BCUT2D eigenvalue weighted by atomic mass is 19.1. The zero-order valence-corrected chi connectivity index (χ0v) is 13.1. The van der Waals surface area contributed by atoms with Crippen molar-refractivity contribution >= 4 is 11.8 Å². The van der Waals surface area contributed by atoms with Crippen LogP contribution in [0.2, 0.25) is 0 Å². The molecule has 0 radical (unpaired) electrons. The number of carbonyl (C=O) groups excluding carboxylic acids is 2. The van der Waals surface area contributed by atoms with Crippen LogP contribution in [0.1, 0.15) is 16.7 Å². The lowest BCUT2D eigenvalue weighted by atomic mass is 10.0. The monoisotopic (exact) mass is 343 g/mol. The van der Waals surface area contributed by atoms with Crippen LogP contribution in [0.3, 0.4) is 0 Å². The van der Waals surface area contributed by atoms with Gasteiger partial charge in [0.2, 0.25) is 11.8 Å². The summed E-state index contributed by atoms with van der Waals surface area (Å²) >= 11 is 0. The van der Waals surface area contributed by atoms with Gasteiger partial charge in [0.15, 0.2) is 0 Å². The molecule has 2 amide bonds. The number of halogens is 2. The summed E-state index contributed by atoms with van der Waals surface area (Å²) in [5.41, 5.74) is 6.52. The number of rotatable bonds is 6. The van der Waals surface area contributed by atoms with Gasteiger partial charge in [0.05, 0.1) is 18.1 Å². The number of nitrogens with two attached hydrogens (primary N) is 1. The van der Waals surface area contributed by atoms with E-state index in [4.69, 9.17) is 11.0 Å². The van der Waals surface area contributed by atoms with Crippen LogP contribution in [-0.2, 0) is 22.4 Å². The summed E-state index contributed by atoms with van der Waals surface area (Å²) in [6.07, 6.45) is -0.190. The lowest BCUT2D eigenvalue weighted by Gasteiger charge is -2.16. The molecule has 3 N–H and O–H groups in total. The van der Waals surface area contributed by atoms with E-state index in [0.717, 1.165) is 12.1 Å². The number of nitrogens with one attached hydrogen (secondary N) is 1. The Morgan fingerprint density at radius 3 is 2.40 bits per heavy atom. The lowest BCUT2D eigenvalue weighted by molar-refractivity contribution is -0.127. The van der Waals surface area contributed by atoms with E-state index >= 15 is 0 Å². The molecule has 0 heterocycles. The first kappa shape index (κ1) is 18.1. The molecule has 0 aromatic heterocycles. The Morgan fingerprint density at radius 1 is 1.12 bits per heavy atom. The Morgan fingerprint density at radius 2 is 1.80 bits per heavy atom. The molecule has 0 spiro atoms. The van der Waals surface area contributed by atoms with E-state index in [2.05, 4.69) is 5.32 Å². The third kappa shape index (κ3) is 5.39. The molecule has 25 heavy (non-hydrogen) atoms. The Kier molecular flexibility index (Phi) is 5.79. The molecular formula is C18H15F2N3O2. The number of carbonyl (C=O) groups is 2. The fourth-order valence-electron chi connectivity index (χ4n) is 2.37. The fourth-order valence-corrected chi connectivity index (χ4v) is 2.37. The molecule has 0 bridgehead atoms. The maximum absolute atomic E-state index is 13.2. The normalized spacial score (nSPS) is 11.4. The van der Waals surface area contributed by atoms with Crippen LogP contribution in [0.25, 0.3) is 0 Å². The van der Waals surface area contributed by atoms with Crippen molar-refractivity contribution in [3.05, 3.63) is 70.8 Å². The molecule has 0 aliphatic rings. The zero-order valence-electron chi connectivity index (χ0n) is 13.1. The van der Waals surface area contributed by atoms with Gasteiger partial charge in [-0.1, -0.05) is 12.1 Å². The number of benzene rings is 2. The van der Waals surface area contributed by atoms with Gasteiger partial charge in [0.1, 0.15) is 17.7 Å². The van der Waals surface area contributed by atoms with Crippen molar-refractivity contribution in [3.63, 3.8) is 0 Å². The van der Waals surface area contributed by atoms with Gasteiger partial charge in [-0.15, -0.1) is 0 Å². The van der Waals surface area contributed by atoms with Crippen LogP contribution < -0.4 is 11.1 Å². The topological polar surface area (TPSA) is 96.0 Å². The first-order valence-corrected chi connectivity index (χ1v) is 7.40. The molecule has 2 rings (SSSR count). The smallest absolute Gasteiger partial charge is 0.240 e. The lowest BCUT2D eigenvalue weighted by Crippen LogP contribution is -2.46. The second kappa shape index (κ2) is 8.02. The van der Waals surface area contributed by atoms with Gasteiger partial charge in [0, 0.05) is 12.5 Å². The van der Waals surface area contributed by atoms with Gasteiger partial charge >= 0.3 is 0 Å². The summed E-state index contributed by atoms with van der Waals surface area (Å²) in [6, 6.07) is 10.3. The number of nitriles is 1. The fraction of sp³-hybridized carbons (Fsp3) is 0.167. The van der Waals surface area contributed by atoms with E-state index in [1.807, 2.05) is 6.07 Å². The van der Waals surface area contributed by atoms with Crippen molar-refractivity contribution in [1.29, 1.82) is 5.26 Å². The molecule has 128 valence electrons. The van der Waals surface area contributed by atoms with Crippen LogP contribution in [0, 0.1) is 23.0 Å². The molecule has 0 saturated heterocycles. The van der Waals surface area contributed by atoms with Crippen LogP contribution in [0.15, 0.2) is 42.5 Å². The number of hydrogen-bond donors (Lipinski definition) is 2. The standard InChI is InChI=1S/C18H15F2N3O2/c19-14-5-13(6-15(20)9-14)8-17(24)23-16(18(22)25)7-11-2-1-3-12(4-11)10-21/h1-6,9,16H,7-8H2,(H2,22,25)(H,23,24)/t16-/m1/s1. The van der Waals surface area contributed by atoms with Gasteiger partial charge in [-0.05, 0) is 35.4 Å². The Hall–Kier alpha value is -3.27.